The summed E-state index contributed by atoms with van der Waals surface area (Å²) < 4.78 is 23.4. The number of carbonyl (C=O) groups is 1. The van der Waals surface area contributed by atoms with Crippen LogP contribution >= 0.6 is 22.7 Å². The summed E-state index contributed by atoms with van der Waals surface area (Å²) in [6.07, 6.45) is 0.664. The Bertz CT molecular complexity index is 1080. The molecule has 3 aromatic carbocycles. The van der Waals surface area contributed by atoms with E-state index in [0.29, 0.717) is 11.8 Å². The number of hydrogen-bond donors (Lipinski definition) is 0. The maximum Gasteiger partial charge on any atom is 0.150 e. The minimum atomic E-state index is -2.21. The van der Waals surface area contributed by atoms with Crippen molar-refractivity contribution in [1.29, 1.82) is 0 Å². The van der Waals surface area contributed by atoms with Crippen molar-refractivity contribution in [2.75, 3.05) is 0 Å². The quantitative estimate of drug-likeness (QED) is 0.233. The Morgan fingerprint density at radius 1 is 0.690 bits per heavy atom. The van der Waals surface area contributed by atoms with Gasteiger partial charge in [-0.1, -0.05) is 48.5 Å². The number of rotatable bonds is 2. The van der Waals surface area contributed by atoms with Gasteiger partial charge in [0.1, 0.15) is 6.29 Å². The van der Waals surface area contributed by atoms with E-state index < -0.39 is 11.1 Å². The van der Waals surface area contributed by atoms with E-state index in [4.69, 9.17) is 0 Å². The molecule has 0 N–H and O–H groups in total. The van der Waals surface area contributed by atoms with Crippen molar-refractivity contribution >= 4 is 60.2 Å². The van der Waals surface area contributed by atoms with Crippen LogP contribution in [0, 0.1) is 0 Å². The Labute approximate surface area is 179 Å². The lowest BCUT2D eigenvalue weighted by molar-refractivity contribution is 0.112. The molecule has 5 rings (SSSR count). The van der Waals surface area contributed by atoms with Crippen LogP contribution in [0.1, 0.15) is 10.4 Å². The first-order valence-corrected chi connectivity index (χ1v) is 11.5. The predicted octanol–water partition coefficient (Wildman–Crippen LogP) is 6.54. The molecule has 0 aliphatic heterocycles. The van der Waals surface area contributed by atoms with Crippen LogP contribution in [0.3, 0.4) is 0 Å². The zero-order valence-corrected chi connectivity index (χ0v) is 17.7. The second kappa shape index (κ2) is 10.8. The summed E-state index contributed by atoms with van der Waals surface area (Å²) in [6.45, 7) is 0. The molecule has 1 atom stereocenters. The molecule has 0 aliphatic carbocycles. The van der Waals surface area contributed by atoms with Crippen molar-refractivity contribution in [3.8, 4) is 0 Å². The SMILES string of the molecule is O=Cc1ccc(S(=O)[O-])cc1.c1ccc2sccc2c1.c1ccc2sccc2c1. The normalized spacial score (nSPS) is 11.1. The maximum absolute atomic E-state index is 10.3. The zero-order chi connectivity index (χ0) is 20.5. The number of aldehydes is 1. The minimum Gasteiger partial charge on any atom is -0.768 e. The molecule has 0 saturated heterocycles. The fourth-order valence-electron chi connectivity index (χ4n) is 2.47. The van der Waals surface area contributed by atoms with Crippen molar-refractivity contribution in [3.63, 3.8) is 0 Å². The Morgan fingerprint density at radius 2 is 1.17 bits per heavy atom. The summed E-state index contributed by atoms with van der Waals surface area (Å²) in [5.41, 5.74) is 0.471. The third kappa shape index (κ3) is 6.17. The topological polar surface area (TPSA) is 57.2 Å². The van der Waals surface area contributed by atoms with E-state index in [1.807, 2.05) is 0 Å². The van der Waals surface area contributed by atoms with Gasteiger partial charge >= 0.3 is 0 Å². The average molecular weight is 438 g/mol. The summed E-state index contributed by atoms with van der Waals surface area (Å²) >= 11 is 1.37. The minimum absolute atomic E-state index is 0.190. The number of benzene rings is 3. The Morgan fingerprint density at radius 3 is 1.59 bits per heavy atom. The van der Waals surface area contributed by atoms with Gasteiger partial charge in [0, 0.05) is 19.9 Å². The van der Waals surface area contributed by atoms with Gasteiger partial charge in [-0.2, -0.15) is 0 Å². The van der Waals surface area contributed by atoms with Gasteiger partial charge in [-0.15, -0.1) is 22.7 Å². The van der Waals surface area contributed by atoms with Crippen molar-refractivity contribution in [3.05, 3.63) is 101 Å². The van der Waals surface area contributed by atoms with E-state index >= 15 is 0 Å². The Balaban J connectivity index is 0.000000125. The summed E-state index contributed by atoms with van der Waals surface area (Å²) in [7, 11) is 0. The molecule has 0 spiro atoms. The highest BCUT2D eigenvalue weighted by molar-refractivity contribution is 7.79. The second-order valence-corrected chi connectivity index (χ2v) is 8.67. The van der Waals surface area contributed by atoms with Gasteiger partial charge < -0.3 is 4.55 Å². The molecule has 1 unspecified atom stereocenters. The van der Waals surface area contributed by atoms with Crippen LogP contribution < -0.4 is 0 Å². The predicted molar refractivity (Wildman–Crippen MR) is 123 cm³/mol. The zero-order valence-electron chi connectivity index (χ0n) is 15.3. The van der Waals surface area contributed by atoms with Crippen molar-refractivity contribution < 1.29 is 13.6 Å². The lowest BCUT2D eigenvalue weighted by Gasteiger charge is -2.03. The summed E-state index contributed by atoms with van der Waals surface area (Å²) in [5, 5.41) is 6.93. The second-order valence-electron chi connectivity index (χ2n) is 5.84. The maximum atomic E-state index is 10.3. The summed E-state index contributed by atoms with van der Waals surface area (Å²) in [6, 6.07) is 26.8. The van der Waals surface area contributed by atoms with Crippen LogP contribution in [0.15, 0.2) is 101 Å². The molecule has 0 amide bonds. The molecule has 29 heavy (non-hydrogen) atoms. The molecule has 146 valence electrons. The van der Waals surface area contributed by atoms with Crippen LogP contribution in [0.2, 0.25) is 0 Å². The third-order valence-electron chi connectivity index (χ3n) is 3.93. The van der Waals surface area contributed by atoms with Gasteiger partial charge in [0.2, 0.25) is 0 Å². The monoisotopic (exact) mass is 437 g/mol. The molecule has 6 heteroatoms. The fraction of sp³-hybridized carbons (Fsp3) is 0. The highest BCUT2D eigenvalue weighted by Gasteiger charge is 1.91. The van der Waals surface area contributed by atoms with Crippen LogP contribution in [0.5, 0.6) is 0 Å². The number of fused-ring (bicyclic) bond motifs is 2. The molecule has 0 fully saturated rings. The van der Waals surface area contributed by atoms with E-state index in [-0.39, 0.29) is 4.90 Å². The first-order chi connectivity index (χ1) is 14.2. The molecule has 0 saturated carbocycles. The molecule has 3 nitrogen and oxygen atoms in total. The Hall–Kier alpha value is -2.64. The average Bonchev–Trinajstić information content (AvgIpc) is 3.44. The molecule has 2 aromatic heterocycles. The van der Waals surface area contributed by atoms with Crippen molar-refractivity contribution in [1.82, 2.24) is 0 Å². The van der Waals surface area contributed by atoms with Gasteiger partial charge in [0.05, 0.1) is 0 Å². The summed E-state index contributed by atoms with van der Waals surface area (Å²) in [5.74, 6) is 0. The molecule has 2 heterocycles. The van der Waals surface area contributed by atoms with Crippen LogP contribution in [-0.4, -0.2) is 15.0 Å². The third-order valence-corrected chi connectivity index (χ3v) is 6.38. The van der Waals surface area contributed by atoms with Gasteiger partial charge in [-0.25, -0.2) is 0 Å². The first-order valence-electron chi connectivity index (χ1n) is 8.66. The van der Waals surface area contributed by atoms with E-state index in [0.717, 1.165) is 0 Å². The van der Waals surface area contributed by atoms with Gasteiger partial charge in [-0.05, 0) is 69.0 Å². The largest absolute Gasteiger partial charge is 0.768 e. The standard InChI is InChI=1S/2C8H6S.C7H6O3S/c2*1-2-4-8-7(3-1)5-6-9-8;8-5-6-1-3-7(4-2-6)11(9)10/h2*1-6H;1-5H,(H,9,10)/p-1. The van der Waals surface area contributed by atoms with Crippen LogP contribution in [0.25, 0.3) is 20.2 Å². The number of carbonyl (C=O) groups excluding carboxylic acids is 1. The molecular weight excluding hydrogens is 420 g/mol. The van der Waals surface area contributed by atoms with Gasteiger partial charge in [-0.3, -0.25) is 9.00 Å². The van der Waals surface area contributed by atoms with E-state index in [1.165, 1.54) is 44.4 Å². The Kier molecular flexibility index (Phi) is 7.84. The van der Waals surface area contributed by atoms with Crippen LogP contribution in [-0.2, 0) is 11.1 Å². The molecule has 0 bridgehead atoms. The molecule has 0 radical (unpaired) electrons. The molecule has 0 aliphatic rings. The van der Waals surface area contributed by atoms with Crippen LogP contribution in [0.4, 0.5) is 0 Å². The first kappa shape index (κ1) is 21.1. The molecular formula is C23H17O3S3-. The number of hydrogen-bond acceptors (Lipinski definition) is 5. The van der Waals surface area contributed by atoms with Crippen molar-refractivity contribution in [2.24, 2.45) is 0 Å². The fourth-order valence-corrected chi connectivity index (χ4v) is 4.41. The van der Waals surface area contributed by atoms with E-state index in [2.05, 4.69) is 71.4 Å². The van der Waals surface area contributed by atoms with E-state index in [9.17, 15) is 13.6 Å². The number of thiophene rings is 2. The van der Waals surface area contributed by atoms with Gasteiger partial charge in [0.15, 0.2) is 0 Å². The summed E-state index contributed by atoms with van der Waals surface area (Å²) in [4.78, 5) is 10.3. The van der Waals surface area contributed by atoms with Crippen molar-refractivity contribution in [2.45, 2.75) is 4.90 Å². The smallest absolute Gasteiger partial charge is 0.150 e. The highest BCUT2D eigenvalue weighted by atomic mass is 32.2. The highest BCUT2D eigenvalue weighted by Crippen LogP contribution is 2.19. The lowest BCUT2D eigenvalue weighted by Crippen LogP contribution is -1.88. The van der Waals surface area contributed by atoms with E-state index in [1.54, 1.807) is 22.7 Å². The van der Waals surface area contributed by atoms with Gasteiger partial charge in [0.25, 0.3) is 0 Å². The lowest BCUT2D eigenvalue weighted by atomic mass is 10.2. The molecule has 5 aromatic rings.